The summed E-state index contributed by atoms with van der Waals surface area (Å²) in [4.78, 5) is 24.7. The fourth-order valence-corrected chi connectivity index (χ4v) is 4.49. The van der Waals surface area contributed by atoms with Crippen LogP contribution in [-0.2, 0) is 19.6 Å². The van der Waals surface area contributed by atoms with Gasteiger partial charge in [0.05, 0.1) is 25.3 Å². The average Bonchev–Trinajstić information content (AvgIpc) is 2.88. The summed E-state index contributed by atoms with van der Waals surface area (Å²) in [5.41, 5.74) is 4.03. The van der Waals surface area contributed by atoms with Crippen molar-refractivity contribution in [2.75, 3.05) is 29.6 Å². The number of rotatable bonds is 11. The predicted molar refractivity (Wildman–Crippen MR) is 143 cm³/mol. The second-order valence-electron chi connectivity index (χ2n) is 7.94. The Morgan fingerprint density at radius 1 is 0.973 bits per heavy atom. The Kier molecular flexibility index (Phi) is 9.22. The van der Waals surface area contributed by atoms with Crippen LogP contribution in [0.1, 0.15) is 12.5 Å². The third-order valence-corrected chi connectivity index (χ3v) is 6.35. The van der Waals surface area contributed by atoms with Gasteiger partial charge >= 0.3 is 0 Å². The van der Waals surface area contributed by atoms with Gasteiger partial charge in [-0.25, -0.2) is 13.8 Å². The van der Waals surface area contributed by atoms with Gasteiger partial charge in [-0.2, -0.15) is 5.10 Å². The van der Waals surface area contributed by atoms with Crippen molar-refractivity contribution in [1.82, 2.24) is 5.43 Å². The van der Waals surface area contributed by atoms with Crippen LogP contribution in [0.4, 0.5) is 11.4 Å². The van der Waals surface area contributed by atoms with Crippen LogP contribution in [0.5, 0.6) is 11.5 Å². The van der Waals surface area contributed by atoms with Gasteiger partial charge in [0.25, 0.3) is 11.8 Å². The molecule has 2 amide bonds. The fourth-order valence-electron chi connectivity index (χ4n) is 3.32. The van der Waals surface area contributed by atoms with Crippen molar-refractivity contribution in [2.45, 2.75) is 13.0 Å². The molecule has 0 saturated heterocycles. The zero-order valence-corrected chi connectivity index (χ0v) is 21.4. The first kappa shape index (κ1) is 27.2. The van der Waals surface area contributed by atoms with Crippen LogP contribution in [0.2, 0.25) is 0 Å². The molecule has 3 aromatic carbocycles. The highest BCUT2D eigenvalue weighted by molar-refractivity contribution is 7.92. The summed E-state index contributed by atoms with van der Waals surface area (Å²) in [6, 6.07) is 21.0. The Bertz CT molecular complexity index is 1330. The van der Waals surface area contributed by atoms with Gasteiger partial charge in [0.1, 0.15) is 17.5 Å². The molecule has 194 valence electrons. The first-order valence-corrected chi connectivity index (χ1v) is 13.1. The van der Waals surface area contributed by atoms with Crippen molar-refractivity contribution in [1.29, 1.82) is 0 Å². The smallest absolute Gasteiger partial charge is 0.263 e. The van der Waals surface area contributed by atoms with E-state index in [9.17, 15) is 18.0 Å². The van der Waals surface area contributed by atoms with E-state index in [1.54, 1.807) is 86.0 Å². The summed E-state index contributed by atoms with van der Waals surface area (Å²) in [7, 11) is -2.14. The first-order valence-electron chi connectivity index (χ1n) is 11.2. The van der Waals surface area contributed by atoms with Gasteiger partial charge in [0.2, 0.25) is 10.0 Å². The Morgan fingerprint density at radius 3 is 2.19 bits per heavy atom. The number of amides is 2. The molecule has 0 aliphatic rings. The SMILES string of the molecule is COc1ccc(NC(=O)COc2ccc(/C=N\NC(=O)[C@@H](C)N(c3ccccc3)S(C)(=O)=O)cc2)cc1. The molecule has 0 aromatic heterocycles. The third kappa shape index (κ3) is 8.07. The van der Waals surface area contributed by atoms with E-state index in [4.69, 9.17) is 9.47 Å². The molecule has 0 unspecified atom stereocenters. The standard InChI is InChI=1S/C26H28N4O6S/c1-19(30(37(3,33)34)22-7-5-4-6-8-22)26(32)29-27-17-20-9-13-24(14-10-20)36-18-25(31)28-21-11-15-23(35-2)16-12-21/h4-17,19H,18H2,1-3H3,(H,28,31)(H,29,32)/b27-17-/t19-/m1/s1. The molecule has 11 heteroatoms. The van der Waals surface area contributed by atoms with Crippen LogP contribution in [0.25, 0.3) is 0 Å². The number of anilines is 2. The zero-order chi connectivity index (χ0) is 26.8. The number of benzene rings is 3. The van der Waals surface area contributed by atoms with Crippen LogP contribution in [0, 0.1) is 0 Å². The number of nitrogens with zero attached hydrogens (tertiary/aromatic N) is 2. The summed E-state index contributed by atoms with van der Waals surface area (Å²) in [5.74, 6) is 0.265. The Balaban J connectivity index is 1.51. The van der Waals surface area contributed by atoms with Gasteiger partial charge in [0, 0.05) is 5.69 Å². The number of ether oxygens (including phenoxy) is 2. The molecule has 3 rings (SSSR count). The van der Waals surface area contributed by atoms with Gasteiger partial charge in [0.15, 0.2) is 6.61 Å². The molecular formula is C26H28N4O6S. The number of sulfonamides is 1. The Labute approximate surface area is 216 Å². The average molecular weight is 525 g/mol. The molecule has 0 radical (unpaired) electrons. The second-order valence-corrected chi connectivity index (χ2v) is 9.80. The van der Waals surface area contributed by atoms with E-state index in [-0.39, 0.29) is 12.5 Å². The number of carbonyl (C=O) groups excluding carboxylic acids is 2. The van der Waals surface area contributed by atoms with E-state index in [1.807, 2.05) is 0 Å². The molecule has 0 saturated carbocycles. The largest absolute Gasteiger partial charge is 0.497 e. The molecule has 1 atom stereocenters. The van der Waals surface area contributed by atoms with Crippen molar-refractivity contribution < 1.29 is 27.5 Å². The molecule has 0 fully saturated rings. The van der Waals surface area contributed by atoms with Gasteiger partial charge in [-0.15, -0.1) is 0 Å². The van der Waals surface area contributed by atoms with Crippen molar-refractivity contribution in [3.63, 3.8) is 0 Å². The highest BCUT2D eigenvalue weighted by Crippen LogP contribution is 2.20. The molecule has 37 heavy (non-hydrogen) atoms. The predicted octanol–water partition coefficient (Wildman–Crippen LogP) is 3.02. The minimum absolute atomic E-state index is 0.175. The van der Waals surface area contributed by atoms with E-state index in [1.165, 1.54) is 13.1 Å². The summed E-state index contributed by atoms with van der Waals surface area (Å²) in [6.45, 7) is 1.31. The molecular weight excluding hydrogens is 496 g/mol. The number of para-hydroxylation sites is 1. The number of methoxy groups -OCH3 is 1. The Hall–Kier alpha value is -4.38. The number of hydrogen-bond donors (Lipinski definition) is 2. The molecule has 3 aromatic rings. The molecule has 0 bridgehead atoms. The number of carbonyl (C=O) groups is 2. The quantitative estimate of drug-likeness (QED) is 0.293. The third-order valence-electron chi connectivity index (χ3n) is 5.11. The van der Waals surface area contributed by atoms with Crippen LogP contribution in [-0.4, -0.2) is 52.5 Å². The van der Waals surface area contributed by atoms with Crippen LogP contribution in [0.15, 0.2) is 84.0 Å². The van der Waals surface area contributed by atoms with E-state index in [2.05, 4.69) is 15.8 Å². The maximum atomic E-state index is 12.6. The highest BCUT2D eigenvalue weighted by atomic mass is 32.2. The van der Waals surface area contributed by atoms with Gasteiger partial charge in [-0.05, 0) is 73.2 Å². The zero-order valence-electron chi connectivity index (χ0n) is 20.6. The lowest BCUT2D eigenvalue weighted by Crippen LogP contribution is -2.46. The lowest BCUT2D eigenvalue weighted by atomic mass is 10.2. The lowest BCUT2D eigenvalue weighted by molar-refractivity contribution is -0.121. The van der Waals surface area contributed by atoms with E-state index >= 15 is 0 Å². The van der Waals surface area contributed by atoms with Crippen molar-refractivity contribution in [3.8, 4) is 11.5 Å². The van der Waals surface area contributed by atoms with E-state index in [0.717, 1.165) is 10.6 Å². The molecule has 10 nitrogen and oxygen atoms in total. The monoisotopic (exact) mass is 524 g/mol. The van der Waals surface area contributed by atoms with Crippen molar-refractivity contribution in [2.24, 2.45) is 5.10 Å². The second kappa shape index (κ2) is 12.5. The number of hydrazone groups is 1. The lowest BCUT2D eigenvalue weighted by Gasteiger charge is -2.27. The van der Waals surface area contributed by atoms with Crippen LogP contribution < -0.4 is 24.5 Å². The molecule has 2 N–H and O–H groups in total. The van der Waals surface area contributed by atoms with E-state index in [0.29, 0.717) is 28.4 Å². The van der Waals surface area contributed by atoms with Crippen molar-refractivity contribution in [3.05, 3.63) is 84.4 Å². The topological polar surface area (TPSA) is 126 Å². The van der Waals surface area contributed by atoms with Crippen LogP contribution >= 0.6 is 0 Å². The fraction of sp³-hybridized carbons (Fsp3) is 0.192. The molecule has 0 aliphatic heterocycles. The van der Waals surface area contributed by atoms with Gasteiger partial charge in [-0.1, -0.05) is 18.2 Å². The minimum Gasteiger partial charge on any atom is -0.497 e. The molecule has 0 heterocycles. The van der Waals surface area contributed by atoms with Crippen molar-refractivity contribution >= 4 is 39.4 Å². The summed E-state index contributed by atoms with van der Waals surface area (Å²) < 4.78 is 36.2. The highest BCUT2D eigenvalue weighted by Gasteiger charge is 2.28. The maximum absolute atomic E-state index is 12.6. The van der Waals surface area contributed by atoms with Gasteiger partial charge in [-0.3, -0.25) is 13.9 Å². The summed E-state index contributed by atoms with van der Waals surface area (Å²) in [5, 5.41) is 6.65. The molecule has 0 spiro atoms. The first-order chi connectivity index (χ1) is 17.7. The number of nitrogens with one attached hydrogen (secondary N) is 2. The summed E-state index contributed by atoms with van der Waals surface area (Å²) >= 11 is 0. The summed E-state index contributed by atoms with van der Waals surface area (Å²) in [6.07, 6.45) is 2.46. The number of hydrogen-bond acceptors (Lipinski definition) is 7. The maximum Gasteiger partial charge on any atom is 0.263 e. The van der Waals surface area contributed by atoms with Crippen LogP contribution in [0.3, 0.4) is 0 Å². The van der Waals surface area contributed by atoms with Gasteiger partial charge < -0.3 is 14.8 Å². The normalized spacial score (nSPS) is 12.0. The minimum atomic E-state index is -3.70. The molecule has 0 aliphatic carbocycles. The van der Waals surface area contributed by atoms with E-state index < -0.39 is 22.0 Å². The Morgan fingerprint density at radius 2 is 1.59 bits per heavy atom.